The summed E-state index contributed by atoms with van der Waals surface area (Å²) in [6.45, 7) is 2.89. The quantitative estimate of drug-likeness (QED) is 0.674. The standard InChI is InChI=1S/C7H14N4S/c1-2-6(3-4-8)12-7-9-5-10-11-7/h5-6H,2-4,8H2,1H3,(H,9,10,11). The smallest absolute Gasteiger partial charge is 0.183 e. The molecule has 0 amide bonds. The second-order valence-electron chi connectivity index (χ2n) is 2.52. The van der Waals surface area contributed by atoms with E-state index in [1.807, 2.05) is 0 Å². The van der Waals surface area contributed by atoms with Gasteiger partial charge in [-0.1, -0.05) is 18.7 Å². The molecule has 0 aliphatic carbocycles. The number of nitrogens with one attached hydrogen (secondary N) is 1. The van der Waals surface area contributed by atoms with Crippen LogP contribution in [0.5, 0.6) is 0 Å². The molecule has 5 heteroatoms. The van der Waals surface area contributed by atoms with E-state index in [1.54, 1.807) is 11.8 Å². The van der Waals surface area contributed by atoms with Gasteiger partial charge in [-0.25, -0.2) is 4.98 Å². The van der Waals surface area contributed by atoms with Crippen molar-refractivity contribution in [3.05, 3.63) is 6.33 Å². The first-order valence-corrected chi connectivity index (χ1v) is 4.96. The molecule has 4 nitrogen and oxygen atoms in total. The molecule has 3 N–H and O–H groups in total. The van der Waals surface area contributed by atoms with Gasteiger partial charge >= 0.3 is 0 Å². The average molecular weight is 186 g/mol. The number of hydrogen-bond donors (Lipinski definition) is 2. The normalized spacial score (nSPS) is 13.2. The first-order chi connectivity index (χ1) is 5.86. The number of hydrogen-bond acceptors (Lipinski definition) is 4. The van der Waals surface area contributed by atoms with E-state index in [-0.39, 0.29) is 0 Å². The Labute approximate surface area is 76.3 Å². The van der Waals surface area contributed by atoms with Gasteiger partial charge in [0.25, 0.3) is 0 Å². The molecular weight excluding hydrogens is 172 g/mol. The van der Waals surface area contributed by atoms with Gasteiger partial charge in [-0.3, -0.25) is 5.10 Å². The Hall–Kier alpha value is -0.550. The molecule has 68 valence electrons. The number of aromatic nitrogens is 3. The Balaban J connectivity index is 2.37. The summed E-state index contributed by atoms with van der Waals surface area (Å²) in [6, 6.07) is 0. The van der Waals surface area contributed by atoms with Crippen LogP contribution in [0.1, 0.15) is 19.8 Å². The molecule has 12 heavy (non-hydrogen) atoms. The predicted octanol–water partition coefficient (Wildman–Crippen LogP) is 1.02. The van der Waals surface area contributed by atoms with Gasteiger partial charge in [0.15, 0.2) is 5.16 Å². The lowest BCUT2D eigenvalue weighted by Crippen LogP contribution is -2.09. The molecule has 1 aromatic heterocycles. The molecule has 1 rings (SSSR count). The van der Waals surface area contributed by atoms with E-state index in [0.717, 1.165) is 24.5 Å². The van der Waals surface area contributed by atoms with Crippen LogP contribution in [0.4, 0.5) is 0 Å². The van der Waals surface area contributed by atoms with Crippen molar-refractivity contribution in [2.45, 2.75) is 30.2 Å². The monoisotopic (exact) mass is 186 g/mol. The van der Waals surface area contributed by atoms with E-state index >= 15 is 0 Å². The highest BCUT2D eigenvalue weighted by atomic mass is 32.2. The van der Waals surface area contributed by atoms with E-state index in [4.69, 9.17) is 5.73 Å². The zero-order chi connectivity index (χ0) is 8.81. The van der Waals surface area contributed by atoms with Gasteiger partial charge in [-0.15, -0.1) is 0 Å². The summed E-state index contributed by atoms with van der Waals surface area (Å²) in [7, 11) is 0. The van der Waals surface area contributed by atoms with Crippen molar-refractivity contribution in [2.75, 3.05) is 6.54 Å². The topological polar surface area (TPSA) is 67.6 Å². The zero-order valence-corrected chi connectivity index (χ0v) is 7.97. The molecule has 0 fully saturated rings. The Kier molecular flexibility index (Phi) is 4.10. The Morgan fingerprint density at radius 1 is 1.75 bits per heavy atom. The number of nitrogens with two attached hydrogens (primary N) is 1. The zero-order valence-electron chi connectivity index (χ0n) is 7.16. The molecular formula is C7H14N4S. The van der Waals surface area contributed by atoms with Gasteiger partial charge in [0.2, 0.25) is 0 Å². The molecule has 0 spiro atoms. The molecule has 0 bridgehead atoms. The van der Waals surface area contributed by atoms with Crippen LogP contribution >= 0.6 is 11.8 Å². The number of rotatable bonds is 5. The maximum Gasteiger partial charge on any atom is 0.183 e. The van der Waals surface area contributed by atoms with E-state index in [0.29, 0.717) is 5.25 Å². The van der Waals surface area contributed by atoms with E-state index < -0.39 is 0 Å². The third-order valence-corrected chi connectivity index (χ3v) is 2.94. The second kappa shape index (κ2) is 5.16. The van der Waals surface area contributed by atoms with Crippen molar-refractivity contribution in [1.82, 2.24) is 15.2 Å². The average Bonchev–Trinajstić information content (AvgIpc) is 2.56. The third kappa shape index (κ3) is 2.83. The first-order valence-electron chi connectivity index (χ1n) is 4.09. The van der Waals surface area contributed by atoms with Crippen LogP contribution in [0.25, 0.3) is 0 Å². The minimum absolute atomic E-state index is 0.558. The first kappa shape index (κ1) is 9.54. The summed E-state index contributed by atoms with van der Waals surface area (Å²) in [5.74, 6) is 0. The Morgan fingerprint density at radius 2 is 2.58 bits per heavy atom. The van der Waals surface area contributed by atoms with Gasteiger partial charge in [-0.05, 0) is 19.4 Å². The molecule has 1 atom stereocenters. The maximum atomic E-state index is 5.47. The molecule has 0 radical (unpaired) electrons. The Bertz CT molecular complexity index is 199. The summed E-state index contributed by atoms with van der Waals surface area (Å²) in [5, 5.41) is 8.05. The van der Waals surface area contributed by atoms with Crippen LogP contribution in [-0.2, 0) is 0 Å². The highest BCUT2D eigenvalue weighted by Crippen LogP contribution is 2.22. The van der Waals surface area contributed by atoms with Gasteiger partial charge in [-0.2, -0.15) is 5.10 Å². The van der Waals surface area contributed by atoms with Crippen LogP contribution < -0.4 is 5.73 Å². The summed E-state index contributed by atoms with van der Waals surface area (Å²) in [5.41, 5.74) is 5.47. The summed E-state index contributed by atoms with van der Waals surface area (Å²) in [6.07, 6.45) is 3.67. The highest BCUT2D eigenvalue weighted by molar-refractivity contribution is 7.99. The molecule has 0 saturated carbocycles. The lowest BCUT2D eigenvalue weighted by Gasteiger charge is -2.09. The number of thioether (sulfide) groups is 1. The number of aromatic amines is 1. The van der Waals surface area contributed by atoms with Crippen molar-refractivity contribution >= 4 is 11.8 Å². The van der Waals surface area contributed by atoms with Crippen LogP contribution in [0.15, 0.2) is 11.5 Å². The van der Waals surface area contributed by atoms with Gasteiger partial charge in [0.05, 0.1) is 0 Å². The van der Waals surface area contributed by atoms with Crippen LogP contribution in [0, 0.1) is 0 Å². The van der Waals surface area contributed by atoms with Crippen molar-refractivity contribution in [2.24, 2.45) is 5.73 Å². The summed E-state index contributed by atoms with van der Waals surface area (Å²) < 4.78 is 0. The molecule has 0 aliphatic rings. The molecule has 0 saturated heterocycles. The third-order valence-electron chi connectivity index (χ3n) is 1.62. The fraction of sp³-hybridized carbons (Fsp3) is 0.714. The molecule has 0 aliphatic heterocycles. The lowest BCUT2D eigenvalue weighted by atomic mass is 10.2. The van der Waals surface area contributed by atoms with E-state index in [1.165, 1.54) is 6.33 Å². The van der Waals surface area contributed by atoms with E-state index in [9.17, 15) is 0 Å². The predicted molar refractivity (Wildman–Crippen MR) is 50.0 cm³/mol. The van der Waals surface area contributed by atoms with Crippen LogP contribution in [-0.4, -0.2) is 27.0 Å². The Morgan fingerprint density at radius 3 is 3.08 bits per heavy atom. The van der Waals surface area contributed by atoms with Crippen LogP contribution in [0.3, 0.4) is 0 Å². The van der Waals surface area contributed by atoms with Gasteiger partial charge in [0.1, 0.15) is 6.33 Å². The molecule has 1 aromatic rings. The fourth-order valence-corrected chi connectivity index (χ4v) is 1.89. The van der Waals surface area contributed by atoms with Crippen molar-refractivity contribution in [1.29, 1.82) is 0 Å². The minimum Gasteiger partial charge on any atom is -0.330 e. The van der Waals surface area contributed by atoms with Crippen molar-refractivity contribution in [3.63, 3.8) is 0 Å². The number of H-pyrrole nitrogens is 1. The number of nitrogens with zero attached hydrogens (tertiary/aromatic N) is 2. The lowest BCUT2D eigenvalue weighted by molar-refractivity contribution is 0.741. The second-order valence-corrected chi connectivity index (χ2v) is 3.81. The van der Waals surface area contributed by atoms with Gasteiger partial charge in [0, 0.05) is 5.25 Å². The van der Waals surface area contributed by atoms with E-state index in [2.05, 4.69) is 22.1 Å². The molecule has 1 unspecified atom stereocenters. The fourth-order valence-electron chi connectivity index (χ4n) is 0.941. The highest BCUT2D eigenvalue weighted by Gasteiger charge is 2.08. The molecule has 1 heterocycles. The largest absolute Gasteiger partial charge is 0.330 e. The summed E-state index contributed by atoms with van der Waals surface area (Å²) in [4.78, 5) is 4.04. The van der Waals surface area contributed by atoms with Crippen molar-refractivity contribution in [3.8, 4) is 0 Å². The van der Waals surface area contributed by atoms with Crippen LogP contribution in [0.2, 0.25) is 0 Å². The van der Waals surface area contributed by atoms with Gasteiger partial charge < -0.3 is 5.73 Å². The molecule has 0 aromatic carbocycles. The maximum absolute atomic E-state index is 5.47. The SMILES string of the molecule is CCC(CCN)Sc1ncn[nH]1. The van der Waals surface area contributed by atoms with Crippen molar-refractivity contribution < 1.29 is 0 Å². The summed E-state index contributed by atoms with van der Waals surface area (Å²) >= 11 is 1.71. The minimum atomic E-state index is 0.558.